The summed E-state index contributed by atoms with van der Waals surface area (Å²) in [4.78, 5) is 15.0. The Labute approximate surface area is 183 Å². The molecule has 0 aliphatic carbocycles. The van der Waals surface area contributed by atoms with Crippen molar-refractivity contribution in [2.75, 3.05) is 40.3 Å². The lowest BCUT2D eigenvalue weighted by Crippen LogP contribution is -2.45. The molecule has 1 aliphatic rings. The SMILES string of the molecule is CN(C)CC(C)(C)CNC(=O)C1CCN(S(=O)(=O)c2ccc(C(C)(C)C)cc2)CC1. The minimum absolute atomic E-state index is 0.0115. The van der Waals surface area contributed by atoms with Gasteiger partial charge in [0.25, 0.3) is 0 Å². The van der Waals surface area contributed by atoms with Crippen LogP contribution < -0.4 is 5.32 Å². The van der Waals surface area contributed by atoms with Gasteiger partial charge < -0.3 is 10.2 Å². The second-order valence-electron chi connectivity index (χ2n) is 10.6. The van der Waals surface area contributed by atoms with Gasteiger partial charge in [-0.2, -0.15) is 4.31 Å². The fraction of sp³-hybridized carbons (Fsp3) is 0.696. The molecule has 170 valence electrons. The van der Waals surface area contributed by atoms with Gasteiger partial charge >= 0.3 is 0 Å². The minimum Gasteiger partial charge on any atom is -0.355 e. The summed E-state index contributed by atoms with van der Waals surface area (Å²) in [5.41, 5.74) is 1.08. The van der Waals surface area contributed by atoms with E-state index in [2.05, 4.69) is 44.8 Å². The van der Waals surface area contributed by atoms with Crippen molar-refractivity contribution in [2.24, 2.45) is 11.3 Å². The topological polar surface area (TPSA) is 69.7 Å². The number of nitrogens with zero attached hydrogens (tertiary/aromatic N) is 2. The fourth-order valence-corrected chi connectivity index (χ4v) is 5.49. The van der Waals surface area contributed by atoms with Crippen LogP contribution in [-0.2, 0) is 20.2 Å². The first-order valence-electron chi connectivity index (χ1n) is 10.8. The van der Waals surface area contributed by atoms with Gasteiger partial charge in [-0.25, -0.2) is 8.42 Å². The Morgan fingerprint density at radius 1 is 1.07 bits per heavy atom. The molecule has 7 heteroatoms. The fourth-order valence-electron chi connectivity index (χ4n) is 4.02. The van der Waals surface area contributed by atoms with Gasteiger partial charge in [0.05, 0.1) is 4.90 Å². The second-order valence-corrected chi connectivity index (χ2v) is 12.5. The minimum atomic E-state index is -3.53. The molecule has 2 rings (SSSR count). The van der Waals surface area contributed by atoms with E-state index < -0.39 is 10.0 Å². The zero-order valence-corrected chi connectivity index (χ0v) is 20.5. The third-order valence-corrected chi connectivity index (χ3v) is 7.58. The predicted molar refractivity (Wildman–Crippen MR) is 122 cm³/mol. The van der Waals surface area contributed by atoms with E-state index in [0.717, 1.165) is 12.1 Å². The summed E-state index contributed by atoms with van der Waals surface area (Å²) in [5, 5.41) is 3.07. The molecule has 1 fully saturated rings. The van der Waals surface area contributed by atoms with Crippen molar-refractivity contribution in [3.05, 3.63) is 29.8 Å². The summed E-state index contributed by atoms with van der Waals surface area (Å²) in [6, 6.07) is 7.17. The zero-order chi connectivity index (χ0) is 22.7. The molecule has 6 nitrogen and oxygen atoms in total. The zero-order valence-electron chi connectivity index (χ0n) is 19.7. The number of amides is 1. The molecule has 1 saturated heterocycles. The first-order valence-corrected chi connectivity index (χ1v) is 12.2. The highest BCUT2D eigenvalue weighted by molar-refractivity contribution is 7.89. The van der Waals surface area contributed by atoms with Crippen molar-refractivity contribution in [3.63, 3.8) is 0 Å². The Balaban J connectivity index is 1.93. The van der Waals surface area contributed by atoms with Crippen molar-refractivity contribution < 1.29 is 13.2 Å². The van der Waals surface area contributed by atoms with Gasteiger partial charge in [0.2, 0.25) is 15.9 Å². The predicted octanol–water partition coefficient (Wildman–Crippen LogP) is 3.09. The standard InChI is InChI=1S/C23H39N3O3S/c1-22(2,3)19-8-10-20(11-9-19)30(28,29)26-14-12-18(13-15-26)21(27)24-16-23(4,5)17-25(6)7/h8-11,18H,12-17H2,1-7H3,(H,24,27). The number of piperidine rings is 1. The molecule has 1 amide bonds. The molecule has 30 heavy (non-hydrogen) atoms. The van der Waals surface area contributed by atoms with E-state index in [1.807, 2.05) is 26.2 Å². The van der Waals surface area contributed by atoms with Gasteiger partial charge in [-0.05, 0) is 55.5 Å². The van der Waals surface area contributed by atoms with Gasteiger partial charge in [-0.3, -0.25) is 4.79 Å². The molecule has 0 spiro atoms. The van der Waals surface area contributed by atoms with Gasteiger partial charge in [0, 0.05) is 32.1 Å². The molecule has 0 radical (unpaired) electrons. The van der Waals surface area contributed by atoms with Crippen LogP contribution in [0.5, 0.6) is 0 Å². The average Bonchev–Trinajstić information content (AvgIpc) is 2.64. The summed E-state index contributed by atoms with van der Waals surface area (Å²) in [6.45, 7) is 12.8. The molecule has 0 bridgehead atoms. The van der Waals surface area contributed by atoms with Crippen LogP contribution >= 0.6 is 0 Å². The molecule has 0 atom stereocenters. The van der Waals surface area contributed by atoms with Crippen LogP contribution in [0.1, 0.15) is 53.0 Å². The lowest BCUT2D eigenvalue weighted by Gasteiger charge is -2.32. The highest BCUT2D eigenvalue weighted by Crippen LogP contribution is 2.27. The molecule has 0 saturated carbocycles. The Hall–Kier alpha value is -1.44. The van der Waals surface area contributed by atoms with Crippen LogP contribution in [0.3, 0.4) is 0 Å². The van der Waals surface area contributed by atoms with E-state index >= 15 is 0 Å². The van der Waals surface area contributed by atoms with Crippen LogP contribution in [0.2, 0.25) is 0 Å². The number of benzene rings is 1. The maximum Gasteiger partial charge on any atom is 0.243 e. The number of carbonyl (C=O) groups is 1. The van der Waals surface area contributed by atoms with Gasteiger partial charge in [-0.1, -0.05) is 46.8 Å². The largest absolute Gasteiger partial charge is 0.355 e. The lowest BCUT2D eigenvalue weighted by atomic mass is 9.87. The van der Waals surface area contributed by atoms with Crippen molar-refractivity contribution in [2.45, 2.75) is 57.8 Å². The van der Waals surface area contributed by atoms with E-state index in [0.29, 0.717) is 37.4 Å². The summed E-state index contributed by atoms with van der Waals surface area (Å²) >= 11 is 0. The van der Waals surface area contributed by atoms with Crippen molar-refractivity contribution in [3.8, 4) is 0 Å². The molecule has 0 aromatic heterocycles. The van der Waals surface area contributed by atoms with Gasteiger partial charge in [0.1, 0.15) is 0 Å². The first kappa shape index (κ1) is 24.8. The maximum absolute atomic E-state index is 13.0. The van der Waals surface area contributed by atoms with E-state index in [4.69, 9.17) is 0 Å². The molecule has 1 aromatic carbocycles. The van der Waals surface area contributed by atoms with Crippen LogP contribution in [-0.4, -0.2) is 63.8 Å². The summed E-state index contributed by atoms with van der Waals surface area (Å²) in [5.74, 6) is -0.0942. The van der Waals surface area contributed by atoms with Crippen LogP contribution in [0, 0.1) is 11.3 Å². The Bertz CT molecular complexity index is 816. The maximum atomic E-state index is 13.0. The summed E-state index contributed by atoms with van der Waals surface area (Å²) in [7, 11) is 0.522. The highest BCUT2D eigenvalue weighted by Gasteiger charge is 2.33. The lowest BCUT2D eigenvalue weighted by molar-refractivity contribution is -0.126. The van der Waals surface area contributed by atoms with Crippen LogP contribution in [0.25, 0.3) is 0 Å². The molecule has 1 aromatic rings. The molecule has 1 N–H and O–H groups in total. The molecular formula is C23H39N3O3S. The Kier molecular flexibility index (Phi) is 7.75. The van der Waals surface area contributed by atoms with E-state index in [1.54, 1.807) is 12.1 Å². The monoisotopic (exact) mass is 437 g/mol. The Morgan fingerprint density at radius 3 is 2.07 bits per heavy atom. The number of rotatable bonds is 7. The van der Waals surface area contributed by atoms with E-state index in [1.165, 1.54) is 4.31 Å². The third kappa shape index (κ3) is 6.53. The van der Waals surface area contributed by atoms with Crippen molar-refractivity contribution >= 4 is 15.9 Å². The number of nitrogens with one attached hydrogen (secondary N) is 1. The van der Waals surface area contributed by atoms with Gasteiger partial charge in [0.15, 0.2) is 0 Å². The average molecular weight is 438 g/mol. The van der Waals surface area contributed by atoms with Gasteiger partial charge in [-0.15, -0.1) is 0 Å². The quantitative estimate of drug-likeness (QED) is 0.712. The van der Waals surface area contributed by atoms with E-state index in [-0.39, 0.29) is 22.7 Å². The summed E-state index contributed by atoms with van der Waals surface area (Å²) < 4.78 is 27.5. The number of hydrogen-bond acceptors (Lipinski definition) is 4. The van der Waals surface area contributed by atoms with Crippen LogP contribution in [0.4, 0.5) is 0 Å². The van der Waals surface area contributed by atoms with E-state index in [9.17, 15) is 13.2 Å². The Morgan fingerprint density at radius 2 is 1.60 bits per heavy atom. The number of hydrogen-bond donors (Lipinski definition) is 1. The highest BCUT2D eigenvalue weighted by atomic mass is 32.2. The third-order valence-electron chi connectivity index (χ3n) is 5.67. The van der Waals surface area contributed by atoms with Crippen molar-refractivity contribution in [1.29, 1.82) is 0 Å². The van der Waals surface area contributed by atoms with Crippen LogP contribution in [0.15, 0.2) is 29.2 Å². The number of carbonyl (C=O) groups excluding carboxylic acids is 1. The normalized spacial score (nSPS) is 17.3. The molecule has 0 unspecified atom stereocenters. The van der Waals surface area contributed by atoms with Crippen molar-refractivity contribution in [1.82, 2.24) is 14.5 Å². The second kappa shape index (κ2) is 9.37. The molecular weight excluding hydrogens is 398 g/mol. The smallest absolute Gasteiger partial charge is 0.243 e. The number of sulfonamides is 1. The molecule has 1 heterocycles. The summed E-state index contributed by atoms with van der Waals surface area (Å²) in [6.07, 6.45) is 1.11. The molecule has 1 aliphatic heterocycles. The first-order chi connectivity index (χ1) is 13.7.